The molecule has 0 saturated carbocycles. The van der Waals surface area contributed by atoms with Gasteiger partial charge in [-0.05, 0) is 6.42 Å². The van der Waals surface area contributed by atoms with Gasteiger partial charge in [0.05, 0.1) is 0 Å². The molecule has 5 heteroatoms. The van der Waals surface area contributed by atoms with Gasteiger partial charge in [-0.3, -0.25) is 0 Å². The lowest BCUT2D eigenvalue weighted by Crippen LogP contribution is -1.87. The molecule has 0 aliphatic heterocycles. The highest BCUT2D eigenvalue weighted by Gasteiger charge is 2.17. The van der Waals surface area contributed by atoms with E-state index in [4.69, 9.17) is 8.83 Å². The van der Waals surface area contributed by atoms with Crippen LogP contribution >= 0.6 is 0 Å². The lowest BCUT2D eigenvalue weighted by molar-refractivity contribution is 0.399. The van der Waals surface area contributed by atoms with Crippen LogP contribution < -0.4 is 5.82 Å². The Balaban J connectivity index is 2.81. The Bertz CT molecular complexity index is 549. The van der Waals surface area contributed by atoms with Gasteiger partial charge in [0.15, 0.2) is 22.7 Å². The van der Waals surface area contributed by atoms with Crippen molar-refractivity contribution in [1.29, 1.82) is 0 Å². The lowest BCUT2D eigenvalue weighted by Gasteiger charge is -2.03. The van der Waals surface area contributed by atoms with Gasteiger partial charge in [0.25, 0.3) is 0 Å². The summed E-state index contributed by atoms with van der Waals surface area (Å²) in [4.78, 5) is 10.9. The Hall–Kier alpha value is -1.91. The highest BCUT2D eigenvalue weighted by molar-refractivity contribution is 5.79. The fourth-order valence-electron chi connectivity index (χ4n) is 1.53. The topological polar surface area (TPSA) is 83.8 Å². The van der Waals surface area contributed by atoms with Gasteiger partial charge in [-0.2, -0.15) is 0 Å². The Morgan fingerprint density at radius 1 is 1.33 bits per heavy atom. The molecule has 1 aromatic carbocycles. The third-order valence-electron chi connectivity index (χ3n) is 2.17. The highest BCUT2D eigenvalue weighted by atomic mass is 16.6. The normalized spacial score (nSPS) is 11.0. The van der Waals surface area contributed by atoms with Crippen LogP contribution in [0.25, 0.3) is 11.2 Å². The monoisotopic (exact) mass is 210 g/mol. The molecule has 0 fully saturated rings. The molecular weight excluding hydrogens is 200 g/mol. The molecule has 80 valence electrons. The van der Waals surface area contributed by atoms with E-state index in [1.165, 1.54) is 0 Å². The first-order valence-corrected chi connectivity index (χ1v) is 4.61. The SMILES string of the molecule is CCCc1c(O)c(O)cc2oc(=O)oc12. The summed E-state index contributed by atoms with van der Waals surface area (Å²) in [6.07, 6.45) is 1.25. The number of phenols is 2. The summed E-state index contributed by atoms with van der Waals surface area (Å²) in [6.45, 7) is 1.91. The molecule has 0 amide bonds. The maximum Gasteiger partial charge on any atom is 0.519 e. The van der Waals surface area contributed by atoms with E-state index in [2.05, 4.69) is 0 Å². The van der Waals surface area contributed by atoms with Crippen molar-refractivity contribution < 1.29 is 19.0 Å². The molecule has 2 N–H and O–H groups in total. The standard InChI is InChI=1S/C10H10O5/c1-2-3-5-8(12)6(11)4-7-9(5)15-10(13)14-7/h4,11-12H,2-3H2,1H3. The molecule has 0 aliphatic carbocycles. The van der Waals surface area contributed by atoms with Gasteiger partial charge in [0.1, 0.15) is 0 Å². The zero-order valence-corrected chi connectivity index (χ0v) is 8.11. The number of aryl methyl sites for hydroxylation is 1. The quantitative estimate of drug-likeness (QED) is 0.737. The predicted octanol–water partition coefficient (Wildman–Crippen LogP) is 1.75. The highest BCUT2D eigenvalue weighted by Crippen LogP contribution is 2.36. The van der Waals surface area contributed by atoms with E-state index in [0.717, 1.165) is 12.5 Å². The van der Waals surface area contributed by atoms with Crippen LogP contribution in [0, 0.1) is 0 Å². The van der Waals surface area contributed by atoms with Crippen molar-refractivity contribution in [2.24, 2.45) is 0 Å². The van der Waals surface area contributed by atoms with Crippen LogP contribution in [-0.4, -0.2) is 10.2 Å². The van der Waals surface area contributed by atoms with E-state index in [9.17, 15) is 15.0 Å². The van der Waals surface area contributed by atoms with Gasteiger partial charge in [-0.25, -0.2) is 4.79 Å². The minimum Gasteiger partial charge on any atom is -0.504 e. The van der Waals surface area contributed by atoms with E-state index in [-0.39, 0.29) is 22.7 Å². The molecule has 2 rings (SSSR count). The van der Waals surface area contributed by atoms with E-state index in [0.29, 0.717) is 12.0 Å². The van der Waals surface area contributed by atoms with Crippen molar-refractivity contribution in [1.82, 2.24) is 0 Å². The molecule has 0 unspecified atom stereocenters. The Morgan fingerprint density at radius 3 is 2.73 bits per heavy atom. The average molecular weight is 210 g/mol. The van der Waals surface area contributed by atoms with Crippen LogP contribution in [0.2, 0.25) is 0 Å². The number of benzene rings is 1. The largest absolute Gasteiger partial charge is 0.519 e. The third kappa shape index (κ3) is 1.45. The summed E-state index contributed by atoms with van der Waals surface area (Å²) < 4.78 is 9.49. The number of hydrogen-bond donors (Lipinski definition) is 2. The van der Waals surface area contributed by atoms with E-state index < -0.39 is 5.82 Å². The third-order valence-corrected chi connectivity index (χ3v) is 2.17. The van der Waals surface area contributed by atoms with Crippen molar-refractivity contribution in [3.05, 3.63) is 22.2 Å². The summed E-state index contributed by atoms with van der Waals surface area (Å²) in [6, 6.07) is 1.16. The van der Waals surface area contributed by atoms with Crippen molar-refractivity contribution in [2.45, 2.75) is 19.8 Å². The Kier molecular flexibility index (Phi) is 2.15. The summed E-state index contributed by atoms with van der Waals surface area (Å²) >= 11 is 0. The molecule has 0 radical (unpaired) electrons. The molecule has 1 heterocycles. The van der Waals surface area contributed by atoms with Crippen molar-refractivity contribution in [2.75, 3.05) is 0 Å². The summed E-state index contributed by atoms with van der Waals surface area (Å²) in [5, 5.41) is 19.0. The number of phenolic OH excluding ortho intramolecular Hbond substituents is 2. The second-order valence-corrected chi connectivity index (χ2v) is 3.25. The average Bonchev–Trinajstić information content (AvgIpc) is 2.53. The number of rotatable bonds is 2. The van der Waals surface area contributed by atoms with Crippen LogP contribution in [0.15, 0.2) is 19.7 Å². The maximum atomic E-state index is 10.9. The van der Waals surface area contributed by atoms with Crippen LogP contribution in [-0.2, 0) is 6.42 Å². The maximum absolute atomic E-state index is 10.9. The Morgan fingerprint density at radius 2 is 2.07 bits per heavy atom. The smallest absolute Gasteiger partial charge is 0.504 e. The first-order chi connectivity index (χ1) is 7.13. The van der Waals surface area contributed by atoms with E-state index in [1.807, 2.05) is 6.92 Å². The van der Waals surface area contributed by atoms with Crippen molar-refractivity contribution in [3.8, 4) is 11.5 Å². The van der Waals surface area contributed by atoms with Crippen molar-refractivity contribution in [3.63, 3.8) is 0 Å². The predicted molar refractivity (Wildman–Crippen MR) is 52.1 cm³/mol. The molecule has 0 atom stereocenters. The Labute approximate surface area is 84.6 Å². The van der Waals surface area contributed by atoms with E-state index in [1.54, 1.807) is 0 Å². The number of fused-ring (bicyclic) bond motifs is 1. The first kappa shape index (κ1) is 9.64. The van der Waals surface area contributed by atoms with Crippen LogP contribution in [0.5, 0.6) is 11.5 Å². The molecule has 0 saturated heterocycles. The second-order valence-electron chi connectivity index (χ2n) is 3.25. The van der Waals surface area contributed by atoms with Gasteiger partial charge >= 0.3 is 5.82 Å². The fourth-order valence-corrected chi connectivity index (χ4v) is 1.53. The zero-order chi connectivity index (χ0) is 11.0. The molecule has 1 aromatic heterocycles. The molecular formula is C10H10O5. The van der Waals surface area contributed by atoms with E-state index >= 15 is 0 Å². The van der Waals surface area contributed by atoms with Crippen molar-refractivity contribution >= 4 is 11.2 Å². The van der Waals surface area contributed by atoms with Crippen LogP contribution in [0.4, 0.5) is 0 Å². The van der Waals surface area contributed by atoms with Gasteiger partial charge < -0.3 is 19.0 Å². The molecule has 0 spiro atoms. The van der Waals surface area contributed by atoms with Gasteiger partial charge in [0.2, 0.25) is 0 Å². The zero-order valence-electron chi connectivity index (χ0n) is 8.11. The first-order valence-electron chi connectivity index (χ1n) is 4.61. The minimum atomic E-state index is -0.840. The molecule has 0 aliphatic rings. The molecule has 0 bridgehead atoms. The number of hydrogen-bond acceptors (Lipinski definition) is 5. The van der Waals surface area contributed by atoms with Crippen LogP contribution in [0.3, 0.4) is 0 Å². The minimum absolute atomic E-state index is 0.152. The number of aromatic hydroxyl groups is 2. The second kappa shape index (κ2) is 3.34. The van der Waals surface area contributed by atoms with Gasteiger partial charge in [-0.1, -0.05) is 13.3 Å². The molecule has 5 nitrogen and oxygen atoms in total. The summed E-state index contributed by atoms with van der Waals surface area (Å²) in [5.74, 6) is -1.41. The van der Waals surface area contributed by atoms with Gasteiger partial charge in [-0.15, -0.1) is 0 Å². The van der Waals surface area contributed by atoms with Gasteiger partial charge in [0, 0.05) is 11.6 Å². The summed E-state index contributed by atoms with van der Waals surface area (Å²) in [5.41, 5.74) is 0.759. The molecule has 15 heavy (non-hydrogen) atoms. The lowest BCUT2D eigenvalue weighted by atomic mass is 10.1. The van der Waals surface area contributed by atoms with Crippen LogP contribution in [0.1, 0.15) is 18.9 Å². The molecule has 2 aromatic rings. The fraction of sp³-hybridized carbons (Fsp3) is 0.300. The summed E-state index contributed by atoms with van der Waals surface area (Å²) in [7, 11) is 0.